The Bertz CT molecular complexity index is 1520. The van der Waals surface area contributed by atoms with E-state index >= 15 is 0 Å². The van der Waals surface area contributed by atoms with Crippen molar-refractivity contribution in [2.75, 3.05) is 41.3 Å². The largest absolute Gasteiger partial charge is 0.492 e. The van der Waals surface area contributed by atoms with Crippen LogP contribution in [0.25, 0.3) is 0 Å². The van der Waals surface area contributed by atoms with E-state index in [2.05, 4.69) is 17.0 Å². The number of carbonyl (C=O) groups excluding carboxylic acids is 2. The van der Waals surface area contributed by atoms with E-state index in [1.165, 1.54) is 29.2 Å². The summed E-state index contributed by atoms with van der Waals surface area (Å²) in [5.41, 5.74) is 0.825. The predicted molar refractivity (Wildman–Crippen MR) is 167 cm³/mol. The van der Waals surface area contributed by atoms with Crippen molar-refractivity contribution in [3.05, 3.63) is 47.5 Å². The van der Waals surface area contributed by atoms with Crippen LogP contribution in [0.3, 0.4) is 0 Å². The zero-order valence-corrected chi connectivity index (χ0v) is 27.2. The van der Waals surface area contributed by atoms with Crippen molar-refractivity contribution in [3.8, 4) is 5.75 Å². The summed E-state index contributed by atoms with van der Waals surface area (Å²) in [5.74, 6) is -0.0828. The highest BCUT2D eigenvalue weighted by atomic mass is 32.2. The van der Waals surface area contributed by atoms with Crippen molar-refractivity contribution in [1.29, 1.82) is 0 Å². The normalized spacial score (nSPS) is 13.4. The number of hydrogen-bond donors (Lipinski definition) is 2. The molecular weight excluding hydrogens is 594 g/mol. The molecule has 0 aliphatic carbocycles. The fraction of sp³-hybridized carbons (Fsp3) is 0.533. The van der Waals surface area contributed by atoms with Gasteiger partial charge in [-0.05, 0) is 75.6 Å². The van der Waals surface area contributed by atoms with Crippen LogP contribution in [0.15, 0.2) is 41.3 Å². The average Bonchev–Trinajstić information content (AvgIpc) is 3.33. The monoisotopic (exact) mass is 637 g/mol. The summed E-state index contributed by atoms with van der Waals surface area (Å²) in [5, 5.41) is 2.58. The second-order valence-corrected chi connectivity index (χ2v) is 15.4. The number of ether oxygens (including phenoxy) is 2. The molecule has 43 heavy (non-hydrogen) atoms. The van der Waals surface area contributed by atoms with Gasteiger partial charge in [-0.25, -0.2) is 21.6 Å². The van der Waals surface area contributed by atoms with E-state index in [4.69, 9.17) is 9.47 Å². The first kappa shape index (κ1) is 34.2. The number of unbranched alkanes of at least 4 members (excludes halogenated alkanes) is 4. The lowest BCUT2D eigenvalue weighted by Gasteiger charge is -2.21. The van der Waals surface area contributed by atoms with Crippen LogP contribution in [-0.4, -0.2) is 66.1 Å². The van der Waals surface area contributed by atoms with Crippen LogP contribution >= 0.6 is 0 Å². The number of nitrogens with zero attached hydrogens (tertiary/aromatic N) is 1. The molecule has 3 rings (SSSR count). The van der Waals surface area contributed by atoms with Gasteiger partial charge in [0.25, 0.3) is 5.91 Å². The molecule has 2 aromatic carbocycles. The Morgan fingerprint density at radius 2 is 1.70 bits per heavy atom. The Morgan fingerprint density at radius 3 is 2.37 bits per heavy atom. The van der Waals surface area contributed by atoms with Crippen LogP contribution in [0.2, 0.25) is 0 Å². The smallest absolute Gasteiger partial charge is 0.407 e. The number of carbonyl (C=O) groups is 2. The molecule has 0 saturated heterocycles. The number of amides is 2. The summed E-state index contributed by atoms with van der Waals surface area (Å²) >= 11 is 0. The van der Waals surface area contributed by atoms with Crippen LogP contribution in [0.1, 0.15) is 75.7 Å². The Morgan fingerprint density at radius 1 is 0.977 bits per heavy atom. The van der Waals surface area contributed by atoms with E-state index in [1.54, 1.807) is 32.9 Å². The van der Waals surface area contributed by atoms with Crippen LogP contribution in [0, 0.1) is 0 Å². The molecule has 238 valence electrons. The maximum absolute atomic E-state index is 13.8. The number of sulfone groups is 1. The number of sulfonamides is 1. The van der Waals surface area contributed by atoms with Gasteiger partial charge in [-0.15, -0.1) is 0 Å². The fourth-order valence-corrected chi connectivity index (χ4v) is 6.65. The highest BCUT2D eigenvalue weighted by Crippen LogP contribution is 2.34. The number of rotatable bonds is 14. The Kier molecular flexibility index (Phi) is 11.5. The summed E-state index contributed by atoms with van der Waals surface area (Å²) in [6.45, 7) is 7.89. The third-order valence-corrected chi connectivity index (χ3v) is 9.01. The highest BCUT2D eigenvalue weighted by molar-refractivity contribution is 7.92. The van der Waals surface area contributed by atoms with Crippen LogP contribution < -0.4 is 19.7 Å². The van der Waals surface area contributed by atoms with Crippen molar-refractivity contribution in [3.63, 3.8) is 0 Å². The molecule has 0 bridgehead atoms. The highest BCUT2D eigenvalue weighted by Gasteiger charge is 2.29. The van der Waals surface area contributed by atoms with E-state index in [0.29, 0.717) is 30.8 Å². The Labute approximate surface area is 255 Å². The summed E-state index contributed by atoms with van der Waals surface area (Å²) in [7, 11) is -7.15. The summed E-state index contributed by atoms with van der Waals surface area (Å²) in [6, 6.07) is 9.21. The molecule has 1 aliphatic rings. The second-order valence-electron chi connectivity index (χ2n) is 11.6. The van der Waals surface area contributed by atoms with Crippen molar-refractivity contribution in [1.82, 2.24) is 5.32 Å². The fourth-order valence-electron chi connectivity index (χ4n) is 4.66. The maximum Gasteiger partial charge on any atom is 0.407 e. The van der Waals surface area contributed by atoms with Crippen LogP contribution in [0.4, 0.5) is 16.2 Å². The van der Waals surface area contributed by atoms with Gasteiger partial charge in [0, 0.05) is 12.2 Å². The van der Waals surface area contributed by atoms with Gasteiger partial charge in [0.1, 0.15) is 18.0 Å². The van der Waals surface area contributed by atoms with Crippen molar-refractivity contribution in [2.24, 2.45) is 0 Å². The van der Waals surface area contributed by atoms with E-state index in [1.807, 2.05) is 0 Å². The maximum atomic E-state index is 13.8. The summed E-state index contributed by atoms with van der Waals surface area (Å²) < 4.78 is 63.2. The van der Waals surface area contributed by atoms with Crippen LogP contribution in [0.5, 0.6) is 5.75 Å². The van der Waals surface area contributed by atoms with Gasteiger partial charge < -0.3 is 19.7 Å². The third-order valence-electron chi connectivity index (χ3n) is 6.62. The Hall–Kier alpha value is -3.32. The molecule has 0 aromatic heterocycles. The molecule has 0 radical (unpaired) electrons. The van der Waals surface area contributed by atoms with Gasteiger partial charge in [-0.3, -0.25) is 9.52 Å². The second kappa shape index (κ2) is 14.4. The number of fused-ring (bicyclic) bond motifs is 1. The topological polar surface area (TPSA) is 148 Å². The van der Waals surface area contributed by atoms with Crippen molar-refractivity contribution >= 4 is 43.2 Å². The standard InChI is InChI=1S/C30H43N3O8S2/c1-6-7-8-9-10-19-43(38,39)24-12-14-27-22(20-24)15-17-33(27)28(34)25-21-23(11-13-26(25)32-42(5,36)37)40-18-16-31-29(35)41-30(2,3)4/h11-14,20-21,32H,6-10,15-19H2,1-5H3,(H,31,35). The first-order valence-electron chi connectivity index (χ1n) is 14.5. The SMILES string of the molecule is CCCCCCCS(=O)(=O)c1ccc2c(c1)CCN2C(=O)c1cc(OCCNC(=O)OC(C)(C)C)ccc1NS(C)(=O)=O. The molecule has 0 saturated carbocycles. The molecule has 1 aliphatic heterocycles. The Balaban J connectivity index is 1.76. The molecule has 0 spiro atoms. The average molecular weight is 638 g/mol. The molecule has 0 fully saturated rings. The molecule has 0 unspecified atom stereocenters. The molecule has 0 atom stereocenters. The van der Waals surface area contributed by atoms with Gasteiger partial charge in [-0.1, -0.05) is 32.6 Å². The lowest BCUT2D eigenvalue weighted by atomic mass is 10.1. The minimum absolute atomic E-state index is 0.0691. The molecular formula is C30H43N3O8S2. The van der Waals surface area contributed by atoms with Crippen molar-refractivity contribution in [2.45, 2.75) is 76.7 Å². The van der Waals surface area contributed by atoms with Gasteiger partial charge in [0.05, 0.1) is 34.7 Å². The van der Waals surface area contributed by atoms with E-state index in [-0.39, 0.29) is 35.1 Å². The summed E-state index contributed by atoms with van der Waals surface area (Å²) in [4.78, 5) is 27.4. The van der Waals surface area contributed by atoms with E-state index in [0.717, 1.165) is 37.5 Å². The van der Waals surface area contributed by atoms with E-state index in [9.17, 15) is 26.4 Å². The number of hydrogen-bond acceptors (Lipinski definition) is 8. The first-order chi connectivity index (χ1) is 20.1. The molecule has 1 heterocycles. The molecule has 11 nitrogen and oxygen atoms in total. The number of benzene rings is 2. The minimum atomic E-state index is -3.70. The van der Waals surface area contributed by atoms with E-state index < -0.39 is 37.5 Å². The quantitative estimate of drug-likeness (QED) is 0.278. The third kappa shape index (κ3) is 10.4. The van der Waals surface area contributed by atoms with Gasteiger partial charge in [0.15, 0.2) is 9.84 Å². The lowest BCUT2D eigenvalue weighted by Crippen LogP contribution is -2.34. The van der Waals surface area contributed by atoms with Gasteiger partial charge >= 0.3 is 6.09 Å². The van der Waals surface area contributed by atoms with Crippen LogP contribution in [-0.2, 0) is 31.0 Å². The summed E-state index contributed by atoms with van der Waals surface area (Å²) in [6.07, 6.45) is 5.53. The molecule has 2 aromatic rings. The zero-order chi connectivity index (χ0) is 31.8. The number of alkyl carbamates (subject to hydrolysis) is 1. The lowest BCUT2D eigenvalue weighted by molar-refractivity contribution is 0.0520. The first-order valence-corrected chi connectivity index (χ1v) is 18.0. The minimum Gasteiger partial charge on any atom is -0.492 e. The molecule has 2 amide bonds. The molecule has 13 heteroatoms. The van der Waals surface area contributed by atoms with Gasteiger partial charge in [-0.2, -0.15) is 0 Å². The van der Waals surface area contributed by atoms with Crippen molar-refractivity contribution < 1.29 is 35.9 Å². The predicted octanol–water partition coefficient (Wildman–Crippen LogP) is 4.91. The number of anilines is 2. The zero-order valence-electron chi connectivity index (χ0n) is 25.6. The van der Waals surface area contributed by atoms with Gasteiger partial charge in [0.2, 0.25) is 10.0 Å². The number of nitrogens with one attached hydrogen (secondary N) is 2. The molecule has 2 N–H and O–H groups in total.